The molecule has 2 rings (SSSR count). The molecule has 1 aliphatic heterocycles. The SMILES string of the molecule is CCCC1CCN(c2cc(C)c(F)cc2N)CC1. The van der Waals surface area contributed by atoms with Crippen molar-refractivity contribution >= 4 is 11.4 Å². The highest BCUT2D eigenvalue weighted by atomic mass is 19.1. The molecule has 18 heavy (non-hydrogen) atoms. The van der Waals surface area contributed by atoms with Crippen LogP contribution in [0.2, 0.25) is 0 Å². The van der Waals surface area contributed by atoms with Crippen molar-refractivity contribution in [1.29, 1.82) is 0 Å². The third-order valence-corrected chi connectivity index (χ3v) is 3.96. The summed E-state index contributed by atoms with van der Waals surface area (Å²) < 4.78 is 13.4. The Kier molecular flexibility index (Phi) is 4.10. The lowest BCUT2D eigenvalue weighted by Crippen LogP contribution is -2.34. The van der Waals surface area contributed by atoms with Crippen molar-refractivity contribution in [3.63, 3.8) is 0 Å². The van der Waals surface area contributed by atoms with Crippen LogP contribution < -0.4 is 10.6 Å². The third kappa shape index (κ3) is 2.77. The lowest BCUT2D eigenvalue weighted by atomic mass is 9.92. The standard InChI is InChI=1S/C15H23FN2/c1-3-4-12-5-7-18(8-6-12)15-9-11(2)13(16)10-14(15)17/h9-10,12H,3-8,17H2,1-2H3. The van der Waals surface area contributed by atoms with Crippen LogP contribution in [0.25, 0.3) is 0 Å². The largest absolute Gasteiger partial charge is 0.397 e. The van der Waals surface area contributed by atoms with Crippen LogP contribution in [0.1, 0.15) is 38.2 Å². The van der Waals surface area contributed by atoms with E-state index in [0.29, 0.717) is 11.3 Å². The second kappa shape index (κ2) is 5.59. The number of halogens is 1. The van der Waals surface area contributed by atoms with Crippen LogP contribution in [0, 0.1) is 18.7 Å². The van der Waals surface area contributed by atoms with Crippen molar-refractivity contribution in [2.24, 2.45) is 5.92 Å². The van der Waals surface area contributed by atoms with Gasteiger partial charge in [-0.2, -0.15) is 0 Å². The maximum absolute atomic E-state index is 13.4. The minimum Gasteiger partial charge on any atom is -0.397 e. The van der Waals surface area contributed by atoms with Crippen LogP contribution in [0.15, 0.2) is 12.1 Å². The number of hydrogen-bond acceptors (Lipinski definition) is 2. The molecule has 0 radical (unpaired) electrons. The maximum atomic E-state index is 13.4. The fourth-order valence-electron chi connectivity index (χ4n) is 2.83. The monoisotopic (exact) mass is 250 g/mol. The van der Waals surface area contributed by atoms with Crippen LogP contribution in [0.5, 0.6) is 0 Å². The third-order valence-electron chi connectivity index (χ3n) is 3.96. The van der Waals surface area contributed by atoms with E-state index >= 15 is 0 Å². The normalized spacial score (nSPS) is 17.2. The van der Waals surface area contributed by atoms with Gasteiger partial charge in [-0.1, -0.05) is 19.8 Å². The molecule has 0 saturated carbocycles. The van der Waals surface area contributed by atoms with E-state index in [0.717, 1.165) is 24.7 Å². The molecule has 1 heterocycles. The summed E-state index contributed by atoms with van der Waals surface area (Å²) in [6.07, 6.45) is 5.04. The maximum Gasteiger partial charge on any atom is 0.128 e. The van der Waals surface area contributed by atoms with Gasteiger partial charge in [0.1, 0.15) is 5.82 Å². The van der Waals surface area contributed by atoms with Crippen molar-refractivity contribution in [3.8, 4) is 0 Å². The van der Waals surface area contributed by atoms with Crippen LogP contribution >= 0.6 is 0 Å². The molecule has 1 aromatic rings. The highest BCUT2D eigenvalue weighted by Gasteiger charge is 2.20. The zero-order chi connectivity index (χ0) is 13.1. The first kappa shape index (κ1) is 13.2. The number of aryl methyl sites for hydroxylation is 1. The van der Waals surface area contributed by atoms with E-state index < -0.39 is 0 Å². The summed E-state index contributed by atoms with van der Waals surface area (Å²) in [6, 6.07) is 3.33. The lowest BCUT2D eigenvalue weighted by Gasteiger charge is -2.34. The van der Waals surface area contributed by atoms with Crippen molar-refractivity contribution in [2.75, 3.05) is 23.7 Å². The van der Waals surface area contributed by atoms with Gasteiger partial charge >= 0.3 is 0 Å². The Morgan fingerprint density at radius 3 is 2.61 bits per heavy atom. The van der Waals surface area contributed by atoms with Crippen LogP contribution in [0.4, 0.5) is 15.8 Å². The summed E-state index contributed by atoms with van der Waals surface area (Å²) in [5.41, 5.74) is 8.17. The van der Waals surface area contributed by atoms with Crippen molar-refractivity contribution in [2.45, 2.75) is 39.5 Å². The van der Waals surface area contributed by atoms with E-state index in [4.69, 9.17) is 5.73 Å². The van der Waals surface area contributed by atoms with Gasteiger partial charge in [0.25, 0.3) is 0 Å². The van der Waals surface area contributed by atoms with Crippen molar-refractivity contribution in [3.05, 3.63) is 23.5 Å². The molecular formula is C15H23FN2. The van der Waals surface area contributed by atoms with Gasteiger partial charge in [-0.15, -0.1) is 0 Å². The Bertz CT molecular complexity index is 409. The highest BCUT2D eigenvalue weighted by molar-refractivity contribution is 5.68. The quantitative estimate of drug-likeness (QED) is 0.828. The fourth-order valence-corrected chi connectivity index (χ4v) is 2.83. The Balaban J connectivity index is 2.07. The number of nitrogens with two attached hydrogens (primary N) is 1. The fraction of sp³-hybridized carbons (Fsp3) is 0.600. The van der Waals surface area contributed by atoms with Gasteiger partial charge in [0.2, 0.25) is 0 Å². The van der Waals surface area contributed by atoms with Crippen LogP contribution in [0.3, 0.4) is 0 Å². The van der Waals surface area contributed by atoms with E-state index in [1.54, 1.807) is 6.92 Å². The molecule has 1 aromatic carbocycles. The molecule has 1 fully saturated rings. The Morgan fingerprint density at radius 2 is 2.00 bits per heavy atom. The van der Waals surface area contributed by atoms with Crippen LogP contribution in [-0.2, 0) is 0 Å². The smallest absolute Gasteiger partial charge is 0.128 e. The number of piperidine rings is 1. The Hall–Kier alpha value is -1.25. The molecule has 0 bridgehead atoms. The Morgan fingerprint density at radius 1 is 1.33 bits per heavy atom. The molecule has 1 aliphatic rings. The number of nitrogen functional groups attached to an aromatic ring is 1. The van der Waals surface area contributed by atoms with E-state index in [9.17, 15) is 4.39 Å². The molecular weight excluding hydrogens is 227 g/mol. The van der Waals surface area contributed by atoms with E-state index in [1.165, 1.54) is 31.7 Å². The zero-order valence-corrected chi connectivity index (χ0v) is 11.4. The molecule has 1 saturated heterocycles. The summed E-state index contributed by atoms with van der Waals surface area (Å²) in [6.45, 7) is 6.12. The first-order valence-corrected chi connectivity index (χ1v) is 6.92. The average molecular weight is 250 g/mol. The second-order valence-corrected chi connectivity index (χ2v) is 5.38. The summed E-state index contributed by atoms with van der Waals surface area (Å²) in [5.74, 6) is 0.645. The molecule has 0 aromatic heterocycles. The van der Waals surface area contributed by atoms with Gasteiger partial charge in [0.15, 0.2) is 0 Å². The predicted molar refractivity (Wildman–Crippen MR) is 75.4 cm³/mol. The molecule has 2 nitrogen and oxygen atoms in total. The summed E-state index contributed by atoms with van der Waals surface area (Å²) in [5, 5.41) is 0. The molecule has 0 spiro atoms. The summed E-state index contributed by atoms with van der Waals surface area (Å²) >= 11 is 0. The topological polar surface area (TPSA) is 29.3 Å². The van der Waals surface area contributed by atoms with Crippen LogP contribution in [-0.4, -0.2) is 13.1 Å². The lowest BCUT2D eigenvalue weighted by molar-refractivity contribution is 0.378. The van der Waals surface area contributed by atoms with E-state index in [1.807, 2.05) is 6.07 Å². The minimum absolute atomic E-state index is 0.211. The molecule has 100 valence electrons. The van der Waals surface area contributed by atoms with E-state index in [2.05, 4.69) is 11.8 Å². The van der Waals surface area contributed by atoms with Gasteiger partial charge in [0.05, 0.1) is 11.4 Å². The van der Waals surface area contributed by atoms with Crippen molar-refractivity contribution in [1.82, 2.24) is 0 Å². The van der Waals surface area contributed by atoms with Gasteiger partial charge in [-0.05, 0) is 43.4 Å². The second-order valence-electron chi connectivity index (χ2n) is 5.38. The number of rotatable bonds is 3. The van der Waals surface area contributed by atoms with Crippen molar-refractivity contribution < 1.29 is 4.39 Å². The predicted octanol–water partition coefficient (Wildman–Crippen LogP) is 3.73. The number of nitrogens with zero attached hydrogens (tertiary/aromatic N) is 1. The number of anilines is 2. The summed E-state index contributed by atoms with van der Waals surface area (Å²) in [7, 11) is 0. The zero-order valence-electron chi connectivity index (χ0n) is 11.4. The van der Waals surface area contributed by atoms with Gasteiger partial charge in [-0.3, -0.25) is 0 Å². The Labute approximate surface area is 109 Å². The molecule has 0 amide bonds. The van der Waals surface area contributed by atoms with Gasteiger partial charge in [0, 0.05) is 13.1 Å². The molecule has 0 atom stereocenters. The minimum atomic E-state index is -0.211. The number of benzene rings is 1. The van der Waals surface area contributed by atoms with Gasteiger partial charge in [-0.25, -0.2) is 4.39 Å². The first-order valence-electron chi connectivity index (χ1n) is 6.92. The number of hydrogen-bond donors (Lipinski definition) is 1. The van der Waals surface area contributed by atoms with Gasteiger partial charge < -0.3 is 10.6 Å². The molecule has 0 aliphatic carbocycles. The summed E-state index contributed by atoms with van der Waals surface area (Å²) in [4.78, 5) is 2.30. The molecule has 2 N–H and O–H groups in total. The van der Waals surface area contributed by atoms with E-state index in [-0.39, 0.29) is 5.82 Å². The molecule has 3 heteroatoms. The average Bonchev–Trinajstić information content (AvgIpc) is 2.35. The first-order chi connectivity index (χ1) is 8.61. The molecule has 0 unspecified atom stereocenters. The highest BCUT2D eigenvalue weighted by Crippen LogP contribution is 2.31.